The molecule has 0 saturated heterocycles. The summed E-state index contributed by atoms with van der Waals surface area (Å²) in [5.74, 6) is -1.06. The molecule has 0 aliphatic heterocycles. The maximum atomic E-state index is 10.6. The Balaban J connectivity index is 3.08. The first-order valence-electron chi connectivity index (χ1n) is 4.16. The molecule has 0 aromatic rings. The second-order valence-corrected chi connectivity index (χ2v) is 2.57. The maximum Gasteiger partial charge on any atom is 0.306 e. The number of carboxylic acid groups (broad SMARTS) is 1. The Morgan fingerprint density at radius 1 is 1.31 bits per heavy atom. The summed E-state index contributed by atoms with van der Waals surface area (Å²) in [6.45, 7) is 1.15. The molecule has 5 heteroatoms. The van der Waals surface area contributed by atoms with Gasteiger partial charge in [-0.25, -0.2) is 0 Å². The minimum atomic E-state index is -0.797. The normalized spacial score (nSPS) is 9.62. The van der Waals surface area contributed by atoms with Crippen molar-refractivity contribution < 1.29 is 19.4 Å². The molecule has 0 rings (SSSR count). The van der Waals surface area contributed by atoms with Gasteiger partial charge in [0.05, 0.1) is 13.5 Å². The Bertz CT molecular complexity index is 170. The number of methoxy groups -OCH3 is 1. The van der Waals surface area contributed by atoms with Gasteiger partial charge in [0.2, 0.25) is 0 Å². The molecular formula is C8H15NO4. The minimum Gasteiger partial charge on any atom is -0.481 e. The fraction of sp³-hybridized carbons (Fsp3) is 0.750. The van der Waals surface area contributed by atoms with E-state index in [4.69, 9.17) is 5.11 Å². The summed E-state index contributed by atoms with van der Waals surface area (Å²) in [5.41, 5.74) is 0. The maximum absolute atomic E-state index is 10.6. The molecule has 0 aromatic carbocycles. The van der Waals surface area contributed by atoms with E-state index in [-0.39, 0.29) is 12.4 Å². The Morgan fingerprint density at radius 3 is 2.54 bits per heavy atom. The predicted molar refractivity (Wildman–Crippen MR) is 46.4 cm³/mol. The average molecular weight is 189 g/mol. The first-order chi connectivity index (χ1) is 6.16. The standard InChI is InChI=1S/C8H15NO4/c1-13-8(12)4-6-9-5-2-3-7(10)11/h9H,2-6H2,1H3,(H,10,11). The lowest BCUT2D eigenvalue weighted by atomic mass is 10.3. The molecule has 0 aromatic heterocycles. The molecule has 2 N–H and O–H groups in total. The smallest absolute Gasteiger partial charge is 0.306 e. The summed E-state index contributed by atoms with van der Waals surface area (Å²) in [6, 6.07) is 0. The lowest BCUT2D eigenvalue weighted by molar-refractivity contribution is -0.140. The highest BCUT2D eigenvalue weighted by atomic mass is 16.5. The Hall–Kier alpha value is -1.10. The predicted octanol–water partition coefficient (Wildman–Crippen LogP) is 0.00390. The third-order valence-electron chi connectivity index (χ3n) is 1.48. The first-order valence-corrected chi connectivity index (χ1v) is 4.16. The third-order valence-corrected chi connectivity index (χ3v) is 1.48. The van der Waals surface area contributed by atoms with Crippen LogP contribution in [0.3, 0.4) is 0 Å². The fourth-order valence-corrected chi connectivity index (χ4v) is 0.782. The van der Waals surface area contributed by atoms with Crippen molar-refractivity contribution in [1.29, 1.82) is 0 Å². The van der Waals surface area contributed by atoms with Crippen LogP contribution in [0.25, 0.3) is 0 Å². The van der Waals surface area contributed by atoms with Crippen molar-refractivity contribution in [2.24, 2.45) is 0 Å². The van der Waals surface area contributed by atoms with Gasteiger partial charge in [0, 0.05) is 13.0 Å². The monoisotopic (exact) mass is 189 g/mol. The number of esters is 1. The van der Waals surface area contributed by atoms with Gasteiger partial charge in [-0.15, -0.1) is 0 Å². The van der Waals surface area contributed by atoms with Crippen molar-refractivity contribution in [2.45, 2.75) is 19.3 Å². The van der Waals surface area contributed by atoms with Crippen molar-refractivity contribution in [2.75, 3.05) is 20.2 Å². The molecule has 0 aliphatic rings. The van der Waals surface area contributed by atoms with E-state index in [1.54, 1.807) is 0 Å². The molecule has 0 fully saturated rings. The highest BCUT2D eigenvalue weighted by Crippen LogP contribution is 1.86. The Morgan fingerprint density at radius 2 is 2.00 bits per heavy atom. The van der Waals surface area contributed by atoms with E-state index < -0.39 is 5.97 Å². The molecule has 0 saturated carbocycles. The molecule has 0 unspecified atom stereocenters. The van der Waals surface area contributed by atoms with Crippen LogP contribution in [0.15, 0.2) is 0 Å². The topological polar surface area (TPSA) is 75.6 Å². The number of carbonyl (C=O) groups is 2. The first kappa shape index (κ1) is 11.9. The molecule has 0 radical (unpaired) electrons. The summed E-state index contributed by atoms with van der Waals surface area (Å²) >= 11 is 0. The summed E-state index contributed by atoms with van der Waals surface area (Å²) in [5, 5.41) is 11.2. The van der Waals surface area contributed by atoms with Gasteiger partial charge < -0.3 is 15.2 Å². The fourth-order valence-electron chi connectivity index (χ4n) is 0.782. The van der Waals surface area contributed by atoms with Crippen molar-refractivity contribution in [3.63, 3.8) is 0 Å². The van der Waals surface area contributed by atoms with Gasteiger partial charge in [0.15, 0.2) is 0 Å². The van der Waals surface area contributed by atoms with Crippen LogP contribution in [-0.2, 0) is 14.3 Å². The van der Waals surface area contributed by atoms with Crippen LogP contribution in [0.5, 0.6) is 0 Å². The summed E-state index contributed by atoms with van der Waals surface area (Å²) in [4.78, 5) is 20.7. The number of aliphatic carboxylic acids is 1. The van der Waals surface area contributed by atoms with Crippen LogP contribution in [0.1, 0.15) is 19.3 Å². The number of carboxylic acids is 1. The van der Waals surface area contributed by atoms with E-state index in [0.29, 0.717) is 25.9 Å². The van der Waals surface area contributed by atoms with Gasteiger partial charge in [-0.1, -0.05) is 0 Å². The van der Waals surface area contributed by atoms with E-state index in [1.807, 2.05) is 0 Å². The van der Waals surface area contributed by atoms with E-state index >= 15 is 0 Å². The lowest BCUT2D eigenvalue weighted by Crippen LogP contribution is -2.20. The van der Waals surface area contributed by atoms with Crippen molar-refractivity contribution in [3.8, 4) is 0 Å². The van der Waals surface area contributed by atoms with E-state index in [1.165, 1.54) is 7.11 Å². The molecule has 76 valence electrons. The number of rotatable bonds is 7. The van der Waals surface area contributed by atoms with Crippen molar-refractivity contribution in [3.05, 3.63) is 0 Å². The molecule has 0 heterocycles. The second-order valence-electron chi connectivity index (χ2n) is 2.57. The van der Waals surface area contributed by atoms with Crippen LogP contribution in [0.4, 0.5) is 0 Å². The number of ether oxygens (including phenoxy) is 1. The molecule has 0 aliphatic carbocycles. The van der Waals surface area contributed by atoms with Crippen LogP contribution >= 0.6 is 0 Å². The largest absolute Gasteiger partial charge is 0.481 e. The second kappa shape index (κ2) is 7.54. The lowest BCUT2D eigenvalue weighted by Gasteiger charge is -2.01. The highest BCUT2D eigenvalue weighted by molar-refractivity contribution is 5.69. The zero-order chi connectivity index (χ0) is 10.1. The van der Waals surface area contributed by atoms with Gasteiger partial charge >= 0.3 is 11.9 Å². The summed E-state index contributed by atoms with van der Waals surface area (Å²) in [6.07, 6.45) is 1.06. The number of nitrogens with one attached hydrogen (secondary N) is 1. The zero-order valence-corrected chi connectivity index (χ0v) is 7.71. The molecular weight excluding hydrogens is 174 g/mol. The Kier molecular flexibility index (Phi) is 6.91. The molecule has 0 bridgehead atoms. The van der Waals surface area contributed by atoms with E-state index in [2.05, 4.69) is 10.1 Å². The number of hydrogen-bond acceptors (Lipinski definition) is 4. The van der Waals surface area contributed by atoms with Gasteiger partial charge in [0.1, 0.15) is 0 Å². The van der Waals surface area contributed by atoms with Crippen LogP contribution in [-0.4, -0.2) is 37.2 Å². The third kappa shape index (κ3) is 8.81. The van der Waals surface area contributed by atoms with Crippen LogP contribution < -0.4 is 5.32 Å². The van der Waals surface area contributed by atoms with E-state index in [9.17, 15) is 9.59 Å². The highest BCUT2D eigenvalue weighted by Gasteiger charge is 1.99. The number of hydrogen-bond donors (Lipinski definition) is 2. The Labute approximate surface area is 77.1 Å². The van der Waals surface area contributed by atoms with Crippen LogP contribution in [0, 0.1) is 0 Å². The summed E-state index contributed by atoms with van der Waals surface area (Å²) < 4.78 is 4.42. The van der Waals surface area contributed by atoms with Gasteiger partial charge in [-0.2, -0.15) is 0 Å². The molecule has 0 spiro atoms. The average Bonchev–Trinajstić information content (AvgIpc) is 2.10. The van der Waals surface area contributed by atoms with Gasteiger partial charge in [0.25, 0.3) is 0 Å². The molecule has 0 atom stereocenters. The molecule has 5 nitrogen and oxygen atoms in total. The van der Waals surface area contributed by atoms with Gasteiger partial charge in [-0.3, -0.25) is 9.59 Å². The zero-order valence-electron chi connectivity index (χ0n) is 7.71. The number of carbonyl (C=O) groups excluding carboxylic acids is 1. The molecule has 0 amide bonds. The van der Waals surface area contributed by atoms with Crippen LogP contribution in [0.2, 0.25) is 0 Å². The SMILES string of the molecule is COC(=O)CCNCCCC(=O)O. The minimum absolute atomic E-state index is 0.158. The van der Waals surface area contributed by atoms with Crippen molar-refractivity contribution >= 4 is 11.9 Å². The van der Waals surface area contributed by atoms with E-state index in [0.717, 1.165) is 0 Å². The van der Waals surface area contributed by atoms with Gasteiger partial charge in [-0.05, 0) is 13.0 Å². The molecule has 13 heavy (non-hydrogen) atoms. The quantitative estimate of drug-likeness (QED) is 0.435. The van der Waals surface area contributed by atoms with Crippen molar-refractivity contribution in [1.82, 2.24) is 5.32 Å². The summed E-state index contributed by atoms with van der Waals surface area (Å²) in [7, 11) is 1.34.